The molecule has 0 aliphatic carbocycles. The topological polar surface area (TPSA) is 111 Å². The Balaban J connectivity index is 2.34. The number of nitrogens with one attached hydrogen (secondary N) is 2. The number of ether oxygens (including phenoxy) is 1. The summed E-state index contributed by atoms with van der Waals surface area (Å²) < 4.78 is 5.17. The number of methoxy groups -OCH3 is 1. The summed E-state index contributed by atoms with van der Waals surface area (Å²) in [7, 11) is 1.47. The summed E-state index contributed by atoms with van der Waals surface area (Å²) in [6, 6.07) is 12.5. The lowest BCUT2D eigenvalue weighted by atomic mass is 10.1. The number of carbonyl (C=O) groups excluding carboxylic acids is 2. The van der Waals surface area contributed by atoms with E-state index in [1.165, 1.54) is 38.3 Å². The van der Waals surface area contributed by atoms with Crippen LogP contribution in [0.3, 0.4) is 0 Å². The lowest BCUT2D eigenvalue weighted by molar-refractivity contribution is -0.384. The molecule has 2 amide bonds. The van der Waals surface area contributed by atoms with Crippen molar-refractivity contribution in [3.05, 3.63) is 69.9 Å². The van der Waals surface area contributed by atoms with E-state index in [1.807, 2.05) is 0 Å². The summed E-state index contributed by atoms with van der Waals surface area (Å²) in [5.41, 5.74) is 0.656. The van der Waals surface area contributed by atoms with Crippen LogP contribution in [0.1, 0.15) is 12.5 Å². The van der Waals surface area contributed by atoms with Crippen molar-refractivity contribution in [3.8, 4) is 5.75 Å². The van der Waals surface area contributed by atoms with Gasteiger partial charge in [0.25, 0.3) is 11.6 Å². The van der Waals surface area contributed by atoms with Gasteiger partial charge >= 0.3 is 0 Å². The van der Waals surface area contributed by atoms with Crippen LogP contribution in [0.5, 0.6) is 5.75 Å². The molecule has 0 unspecified atom stereocenters. The molecular weight excluding hydrogens is 338 g/mol. The van der Waals surface area contributed by atoms with Gasteiger partial charge in [-0.1, -0.05) is 24.3 Å². The van der Waals surface area contributed by atoms with Crippen molar-refractivity contribution >= 4 is 29.3 Å². The summed E-state index contributed by atoms with van der Waals surface area (Å²) in [5.74, 6) is -0.577. The van der Waals surface area contributed by atoms with Gasteiger partial charge < -0.3 is 15.4 Å². The number of nitro benzene ring substituents is 1. The van der Waals surface area contributed by atoms with E-state index in [0.29, 0.717) is 17.0 Å². The first-order valence-corrected chi connectivity index (χ1v) is 7.59. The minimum atomic E-state index is -0.587. The molecule has 0 saturated heterocycles. The largest absolute Gasteiger partial charge is 0.495 e. The Hall–Kier alpha value is -3.68. The van der Waals surface area contributed by atoms with Crippen LogP contribution in [-0.2, 0) is 9.59 Å². The minimum Gasteiger partial charge on any atom is -0.495 e. The van der Waals surface area contributed by atoms with Gasteiger partial charge in [-0.15, -0.1) is 0 Å². The van der Waals surface area contributed by atoms with Gasteiger partial charge in [0, 0.05) is 19.1 Å². The van der Waals surface area contributed by atoms with Crippen molar-refractivity contribution in [1.82, 2.24) is 5.32 Å². The fourth-order valence-electron chi connectivity index (χ4n) is 2.18. The van der Waals surface area contributed by atoms with Gasteiger partial charge in [-0.2, -0.15) is 0 Å². The predicted octanol–water partition coefficient (Wildman–Crippen LogP) is 2.72. The van der Waals surface area contributed by atoms with Gasteiger partial charge in [0.05, 0.1) is 17.7 Å². The van der Waals surface area contributed by atoms with Gasteiger partial charge in [-0.05, 0) is 23.8 Å². The second kappa shape index (κ2) is 8.43. The van der Waals surface area contributed by atoms with Gasteiger partial charge in [0.15, 0.2) is 0 Å². The molecule has 8 heteroatoms. The minimum absolute atomic E-state index is 0.0519. The number of amides is 2. The molecule has 0 fully saturated rings. The van der Waals surface area contributed by atoms with E-state index in [9.17, 15) is 19.7 Å². The van der Waals surface area contributed by atoms with Gasteiger partial charge in [0.1, 0.15) is 11.4 Å². The fourth-order valence-corrected chi connectivity index (χ4v) is 2.18. The number of nitro groups is 1. The zero-order valence-corrected chi connectivity index (χ0v) is 14.2. The SMILES string of the molecule is COc1ccccc1NC(=O)/C(=C/c1cccc([N+](=O)[O-])c1)NC(C)=O. The average molecular weight is 355 g/mol. The summed E-state index contributed by atoms with van der Waals surface area (Å²) in [5, 5.41) is 16.0. The number of nitrogens with zero attached hydrogens (tertiary/aromatic N) is 1. The summed E-state index contributed by atoms with van der Waals surface area (Å²) in [6.07, 6.45) is 1.36. The van der Waals surface area contributed by atoms with Crippen molar-refractivity contribution in [2.75, 3.05) is 12.4 Å². The van der Waals surface area contributed by atoms with E-state index in [2.05, 4.69) is 10.6 Å². The lowest BCUT2D eigenvalue weighted by Crippen LogP contribution is -2.29. The Labute approximate surface area is 149 Å². The molecule has 0 saturated carbocycles. The second-order valence-electron chi connectivity index (χ2n) is 5.25. The number of para-hydroxylation sites is 2. The van der Waals surface area contributed by atoms with Crippen molar-refractivity contribution in [2.45, 2.75) is 6.92 Å². The van der Waals surface area contributed by atoms with E-state index in [-0.39, 0.29) is 11.4 Å². The van der Waals surface area contributed by atoms with Crippen molar-refractivity contribution in [1.29, 1.82) is 0 Å². The first-order chi connectivity index (χ1) is 12.4. The molecule has 0 bridgehead atoms. The third-order valence-corrected chi connectivity index (χ3v) is 3.30. The van der Waals surface area contributed by atoms with E-state index in [1.54, 1.807) is 30.3 Å². The fraction of sp³-hybridized carbons (Fsp3) is 0.111. The molecular formula is C18H17N3O5. The molecule has 0 aliphatic rings. The molecule has 0 spiro atoms. The average Bonchev–Trinajstić information content (AvgIpc) is 2.61. The molecule has 0 aromatic heterocycles. The lowest BCUT2D eigenvalue weighted by Gasteiger charge is -2.12. The molecule has 2 rings (SSSR count). The van der Waals surface area contributed by atoms with Crippen LogP contribution in [0.15, 0.2) is 54.2 Å². The Morgan fingerprint density at radius 1 is 1.15 bits per heavy atom. The highest BCUT2D eigenvalue weighted by molar-refractivity contribution is 6.09. The normalized spacial score (nSPS) is 10.8. The number of anilines is 1. The van der Waals surface area contributed by atoms with Crippen LogP contribution in [0.25, 0.3) is 6.08 Å². The maximum Gasteiger partial charge on any atom is 0.272 e. The maximum atomic E-state index is 12.6. The van der Waals surface area contributed by atoms with Crippen molar-refractivity contribution in [2.24, 2.45) is 0 Å². The zero-order chi connectivity index (χ0) is 19.1. The maximum absolute atomic E-state index is 12.6. The number of rotatable bonds is 6. The van der Waals surface area contributed by atoms with Gasteiger partial charge in [0.2, 0.25) is 5.91 Å². The molecule has 26 heavy (non-hydrogen) atoms. The summed E-state index contributed by atoms with van der Waals surface area (Å²) >= 11 is 0. The third-order valence-electron chi connectivity index (χ3n) is 3.30. The van der Waals surface area contributed by atoms with Crippen LogP contribution in [-0.4, -0.2) is 23.8 Å². The molecule has 0 radical (unpaired) electrons. The van der Waals surface area contributed by atoms with Crippen LogP contribution in [0.4, 0.5) is 11.4 Å². The second-order valence-corrected chi connectivity index (χ2v) is 5.25. The quantitative estimate of drug-likeness (QED) is 0.470. The Bertz CT molecular complexity index is 877. The van der Waals surface area contributed by atoms with Crippen LogP contribution >= 0.6 is 0 Å². The molecule has 2 aromatic rings. The zero-order valence-electron chi connectivity index (χ0n) is 14.2. The molecule has 0 atom stereocenters. The Morgan fingerprint density at radius 3 is 2.54 bits per heavy atom. The monoisotopic (exact) mass is 355 g/mol. The van der Waals surface area contributed by atoms with E-state index >= 15 is 0 Å². The van der Waals surface area contributed by atoms with Crippen LogP contribution < -0.4 is 15.4 Å². The first-order valence-electron chi connectivity index (χ1n) is 7.59. The molecule has 2 aromatic carbocycles. The Kier molecular flexibility index (Phi) is 6.05. The van der Waals surface area contributed by atoms with Gasteiger partial charge in [-0.25, -0.2) is 0 Å². The molecule has 0 heterocycles. The number of hydrogen-bond donors (Lipinski definition) is 2. The smallest absolute Gasteiger partial charge is 0.272 e. The molecule has 8 nitrogen and oxygen atoms in total. The van der Waals surface area contributed by atoms with Gasteiger partial charge in [-0.3, -0.25) is 19.7 Å². The third kappa shape index (κ3) is 4.91. The summed E-state index contributed by atoms with van der Waals surface area (Å²) in [6.45, 7) is 1.26. The Morgan fingerprint density at radius 2 is 1.88 bits per heavy atom. The van der Waals surface area contributed by atoms with E-state index < -0.39 is 16.7 Å². The van der Waals surface area contributed by atoms with Crippen molar-refractivity contribution < 1.29 is 19.2 Å². The van der Waals surface area contributed by atoms with E-state index in [4.69, 9.17) is 4.74 Å². The number of carbonyl (C=O) groups is 2. The number of non-ortho nitro benzene ring substituents is 1. The molecule has 2 N–H and O–H groups in total. The number of hydrogen-bond acceptors (Lipinski definition) is 5. The van der Waals surface area contributed by atoms with Crippen molar-refractivity contribution in [3.63, 3.8) is 0 Å². The standard InChI is InChI=1S/C18H17N3O5/c1-12(22)19-16(11-13-6-5-7-14(10-13)21(24)25)18(23)20-15-8-3-4-9-17(15)26-2/h3-11H,1-2H3,(H,19,22)(H,20,23)/b16-11-. The summed E-state index contributed by atoms with van der Waals surface area (Å²) in [4.78, 5) is 34.3. The highest BCUT2D eigenvalue weighted by Crippen LogP contribution is 2.23. The molecule has 0 aliphatic heterocycles. The molecule has 134 valence electrons. The van der Waals surface area contributed by atoms with Crippen LogP contribution in [0.2, 0.25) is 0 Å². The van der Waals surface area contributed by atoms with Crippen LogP contribution in [0, 0.1) is 10.1 Å². The first kappa shape index (κ1) is 18.7. The van der Waals surface area contributed by atoms with E-state index in [0.717, 1.165) is 0 Å². The number of benzene rings is 2. The predicted molar refractivity (Wildman–Crippen MR) is 96.5 cm³/mol. The highest BCUT2D eigenvalue weighted by atomic mass is 16.6. The highest BCUT2D eigenvalue weighted by Gasteiger charge is 2.14.